The molecular formula is C18H21ClFN. The summed E-state index contributed by atoms with van der Waals surface area (Å²) in [5.74, 6) is 0.172. The molecule has 0 aliphatic heterocycles. The molecule has 21 heavy (non-hydrogen) atoms. The van der Waals surface area contributed by atoms with Crippen molar-refractivity contribution in [3.05, 3.63) is 70.0 Å². The topological polar surface area (TPSA) is 12.0 Å². The normalized spacial score (nSPS) is 14.0. The smallest absolute Gasteiger partial charge is 0.142 e. The number of halogens is 2. The Kier molecular flexibility index (Phi) is 5.38. The van der Waals surface area contributed by atoms with E-state index in [1.165, 1.54) is 11.6 Å². The summed E-state index contributed by atoms with van der Waals surface area (Å²) < 4.78 is 13.6. The molecule has 1 nitrogen and oxygen atoms in total. The van der Waals surface area contributed by atoms with Crippen LogP contribution in [0.25, 0.3) is 0 Å². The second kappa shape index (κ2) is 7.06. The number of hydrogen-bond acceptors (Lipinski definition) is 1. The largest absolute Gasteiger partial charge is 0.309 e. The summed E-state index contributed by atoms with van der Waals surface area (Å²) in [5.41, 5.74) is 3.32. The third-order valence-electron chi connectivity index (χ3n) is 4.02. The molecule has 2 aromatic carbocycles. The van der Waals surface area contributed by atoms with Crippen molar-refractivity contribution < 1.29 is 4.39 Å². The predicted molar refractivity (Wildman–Crippen MR) is 87.5 cm³/mol. The van der Waals surface area contributed by atoms with Crippen molar-refractivity contribution in [2.75, 3.05) is 7.05 Å². The quantitative estimate of drug-likeness (QED) is 0.790. The molecule has 0 radical (unpaired) electrons. The third-order valence-corrected chi connectivity index (χ3v) is 4.32. The van der Waals surface area contributed by atoms with E-state index >= 15 is 0 Å². The summed E-state index contributed by atoms with van der Waals surface area (Å²) >= 11 is 5.75. The van der Waals surface area contributed by atoms with Gasteiger partial charge in [-0.15, -0.1) is 0 Å². The van der Waals surface area contributed by atoms with Gasteiger partial charge in [0.15, 0.2) is 0 Å². The van der Waals surface area contributed by atoms with E-state index in [-0.39, 0.29) is 16.9 Å². The molecular weight excluding hydrogens is 285 g/mol. The Labute approximate surface area is 131 Å². The first-order chi connectivity index (χ1) is 10.1. The highest BCUT2D eigenvalue weighted by atomic mass is 35.5. The first kappa shape index (κ1) is 16.0. The average Bonchev–Trinajstić information content (AvgIpc) is 2.51. The Hall–Kier alpha value is -1.38. The summed E-state index contributed by atoms with van der Waals surface area (Å²) in [4.78, 5) is 0. The minimum absolute atomic E-state index is 0.0391. The van der Waals surface area contributed by atoms with Gasteiger partial charge in [-0.2, -0.15) is 0 Å². The van der Waals surface area contributed by atoms with E-state index < -0.39 is 0 Å². The molecule has 112 valence electrons. The van der Waals surface area contributed by atoms with Gasteiger partial charge in [0.2, 0.25) is 0 Å². The summed E-state index contributed by atoms with van der Waals surface area (Å²) in [6.45, 7) is 4.41. The summed E-state index contributed by atoms with van der Waals surface area (Å²) in [6.07, 6.45) is 1.12. The van der Waals surface area contributed by atoms with Crippen molar-refractivity contribution in [3.8, 4) is 0 Å². The van der Waals surface area contributed by atoms with Crippen LogP contribution < -0.4 is 5.32 Å². The van der Waals surface area contributed by atoms with Gasteiger partial charge in [-0.25, -0.2) is 4.39 Å². The fourth-order valence-corrected chi connectivity index (χ4v) is 2.59. The van der Waals surface area contributed by atoms with Gasteiger partial charge in [-0.05, 0) is 48.2 Å². The molecule has 0 amide bonds. The van der Waals surface area contributed by atoms with Crippen LogP contribution in [0.1, 0.15) is 48.9 Å². The van der Waals surface area contributed by atoms with Crippen LogP contribution in [0.2, 0.25) is 5.02 Å². The van der Waals surface area contributed by atoms with Crippen molar-refractivity contribution in [2.24, 2.45) is 0 Å². The lowest BCUT2D eigenvalue weighted by atomic mass is 9.93. The number of hydrogen-bond donors (Lipinski definition) is 1. The maximum Gasteiger partial charge on any atom is 0.142 e. The van der Waals surface area contributed by atoms with Crippen LogP contribution >= 0.6 is 11.6 Å². The SMILES string of the molecule is CCC(C)c1ccc(C(NC)c2ccc(Cl)c(F)c2)cc1. The maximum absolute atomic E-state index is 13.6. The molecule has 0 bridgehead atoms. The Morgan fingerprint density at radius 3 is 2.14 bits per heavy atom. The molecule has 2 aromatic rings. The van der Waals surface area contributed by atoms with E-state index in [4.69, 9.17) is 11.6 Å². The summed E-state index contributed by atoms with van der Waals surface area (Å²) in [6, 6.07) is 13.4. The zero-order valence-electron chi connectivity index (χ0n) is 12.7. The lowest BCUT2D eigenvalue weighted by Crippen LogP contribution is -2.17. The second-order valence-electron chi connectivity index (χ2n) is 5.37. The molecule has 0 saturated heterocycles. The van der Waals surface area contributed by atoms with Crippen LogP contribution in [-0.2, 0) is 0 Å². The van der Waals surface area contributed by atoms with E-state index in [9.17, 15) is 4.39 Å². The van der Waals surface area contributed by atoms with Crippen molar-refractivity contribution in [1.29, 1.82) is 0 Å². The van der Waals surface area contributed by atoms with E-state index in [0.29, 0.717) is 5.92 Å². The monoisotopic (exact) mass is 305 g/mol. The zero-order chi connectivity index (χ0) is 15.4. The zero-order valence-corrected chi connectivity index (χ0v) is 13.4. The van der Waals surface area contributed by atoms with Crippen LogP contribution in [0.4, 0.5) is 4.39 Å². The van der Waals surface area contributed by atoms with Crippen LogP contribution in [0.3, 0.4) is 0 Å². The van der Waals surface area contributed by atoms with Crippen LogP contribution in [0.15, 0.2) is 42.5 Å². The maximum atomic E-state index is 13.6. The Bertz CT molecular complexity index is 595. The molecule has 1 N–H and O–H groups in total. The van der Waals surface area contributed by atoms with E-state index in [1.54, 1.807) is 6.07 Å². The number of benzene rings is 2. The predicted octanol–water partition coefficient (Wildman–Crippen LogP) is 5.30. The van der Waals surface area contributed by atoms with Crippen molar-refractivity contribution in [3.63, 3.8) is 0 Å². The summed E-state index contributed by atoms with van der Waals surface area (Å²) in [5, 5.41) is 3.39. The number of rotatable bonds is 5. The molecule has 2 unspecified atom stereocenters. The molecule has 0 fully saturated rings. The fourth-order valence-electron chi connectivity index (χ4n) is 2.47. The Morgan fingerprint density at radius 2 is 1.62 bits per heavy atom. The molecule has 0 saturated carbocycles. The molecule has 2 atom stereocenters. The van der Waals surface area contributed by atoms with Crippen LogP contribution in [0, 0.1) is 5.82 Å². The fraction of sp³-hybridized carbons (Fsp3) is 0.333. The van der Waals surface area contributed by atoms with E-state index in [2.05, 4.69) is 43.4 Å². The third kappa shape index (κ3) is 3.63. The minimum atomic E-state index is -0.384. The van der Waals surface area contributed by atoms with Gasteiger partial charge in [-0.1, -0.05) is 55.8 Å². The van der Waals surface area contributed by atoms with Crippen LogP contribution in [-0.4, -0.2) is 7.05 Å². The molecule has 0 aliphatic carbocycles. The Morgan fingerprint density at radius 1 is 1.05 bits per heavy atom. The average molecular weight is 306 g/mol. The van der Waals surface area contributed by atoms with Gasteiger partial charge in [0.05, 0.1) is 11.1 Å². The summed E-state index contributed by atoms with van der Waals surface area (Å²) in [7, 11) is 1.87. The molecule has 3 heteroatoms. The van der Waals surface area contributed by atoms with Gasteiger partial charge >= 0.3 is 0 Å². The second-order valence-corrected chi connectivity index (χ2v) is 5.78. The number of nitrogens with one attached hydrogen (secondary N) is 1. The highest BCUT2D eigenvalue weighted by molar-refractivity contribution is 6.30. The Balaban J connectivity index is 2.30. The van der Waals surface area contributed by atoms with Gasteiger partial charge in [0.1, 0.15) is 5.82 Å². The van der Waals surface area contributed by atoms with E-state index in [0.717, 1.165) is 17.5 Å². The van der Waals surface area contributed by atoms with Gasteiger partial charge in [0.25, 0.3) is 0 Å². The molecule has 2 rings (SSSR count). The standard InChI is InChI=1S/C18H21ClFN/c1-4-12(2)13-5-7-14(8-6-13)18(21-3)15-9-10-16(19)17(20)11-15/h5-12,18,21H,4H2,1-3H3. The molecule has 0 aromatic heterocycles. The minimum Gasteiger partial charge on any atom is -0.309 e. The first-order valence-electron chi connectivity index (χ1n) is 7.28. The first-order valence-corrected chi connectivity index (χ1v) is 7.66. The molecule has 0 aliphatic rings. The lowest BCUT2D eigenvalue weighted by Gasteiger charge is -2.19. The molecule has 0 heterocycles. The highest BCUT2D eigenvalue weighted by Crippen LogP contribution is 2.27. The van der Waals surface area contributed by atoms with E-state index in [1.807, 2.05) is 13.1 Å². The lowest BCUT2D eigenvalue weighted by molar-refractivity contribution is 0.617. The van der Waals surface area contributed by atoms with Crippen molar-refractivity contribution in [2.45, 2.75) is 32.2 Å². The van der Waals surface area contributed by atoms with Crippen molar-refractivity contribution in [1.82, 2.24) is 5.32 Å². The van der Waals surface area contributed by atoms with Gasteiger partial charge in [-0.3, -0.25) is 0 Å². The van der Waals surface area contributed by atoms with Gasteiger partial charge in [0, 0.05) is 0 Å². The van der Waals surface area contributed by atoms with Crippen molar-refractivity contribution >= 4 is 11.6 Å². The van der Waals surface area contributed by atoms with Gasteiger partial charge < -0.3 is 5.32 Å². The highest BCUT2D eigenvalue weighted by Gasteiger charge is 2.14. The molecule has 0 spiro atoms. The van der Waals surface area contributed by atoms with Crippen LogP contribution in [0.5, 0.6) is 0 Å².